The van der Waals surface area contributed by atoms with Gasteiger partial charge in [0.05, 0.1) is 44.7 Å². The summed E-state index contributed by atoms with van der Waals surface area (Å²) in [4.78, 5) is 26.1. The van der Waals surface area contributed by atoms with E-state index in [9.17, 15) is 4.79 Å². The van der Waals surface area contributed by atoms with Crippen molar-refractivity contribution in [3.63, 3.8) is 0 Å². The molecule has 0 spiro atoms. The number of rotatable bonds is 9. The van der Waals surface area contributed by atoms with Crippen molar-refractivity contribution in [2.24, 2.45) is 0 Å². The summed E-state index contributed by atoms with van der Waals surface area (Å²) in [6, 6.07) is 12.1. The first-order chi connectivity index (χ1) is 17.0. The van der Waals surface area contributed by atoms with E-state index in [0.717, 1.165) is 23.4 Å². The van der Waals surface area contributed by atoms with Crippen LogP contribution in [-0.2, 0) is 4.74 Å². The maximum absolute atomic E-state index is 13.0. The molecule has 0 atom stereocenters. The second-order valence-electron chi connectivity index (χ2n) is 8.66. The second-order valence-corrected chi connectivity index (χ2v) is 8.66. The van der Waals surface area contributed by atoms with E-state index in [1.165, 1.54) is 0 Å². The molecule has 9 heteroatoms. The van der Waals surface area contributed by atoms with Crippen LogP contribution in [0.1, 0.15) is 24.3 Å². The highest BCUT2D eigenvalue weighted by Gasteiger charge is 2.21. The van der Waals surface area contributed by atoms with E-state index in [-0.39, 0.29) is 5.91 Å². The number of morpholine rings is 1. The molecule has 35 heavy (non-hydrogen) atoms. The quantitative estimate of drug-likeness (QED) is 0.500. The van der Waals surface area contributed by atoms with E-state index in [2.05, 4.69) is 34.0 Å². The molecule has 1 aliphatic rings. The van der Waals surface area contributed by atoms with Gasteiger partial charge in [-0.05, 0) is 18.2 Å². The summed E-state index contributed by atoms with van der Waals surface area (Å²) in [6.07, 6.45) is 1.55. The van der Waals surface area contributed by atoms with Gasteiger partial charge in [-0.15, -0.1) is 0 Å². The number of nitrogens with one attached hydrogen (secondary N) is 1. The van der Waals surface area contributed by atoms with Gasteiger partial charge in [0.25, 0.3) is 5.91 Å². The van der Waals surface area contributed by atoms with Gasteiger partial charge in [0.1, 0.15) is 17.2 Å². The number of carbonyl (C=O) groups excluding carboxylic acids is 1. The average Bonchev–Trinajstić information content (AvgIpc) is 2.90. The Morgan fingerprint density at radius 3 is 2.43 bits per heavy atom. The molecule has 1 fully saturated rings. The highest BCUT2D eigenvalue weighted by molar-refractivity contribution is 5.94. The van der Waals surface area contributed by atoms with Crippen molar-refractivity contribution in [3.05, 3.63) is 48.3 Å². The van der Waals surface area contributed by atoms with Crippen LogP contribution in [0.2, 0.25) is 0 Å². The minimum Gasteiger partial charge on any atom is -0.497 e. The summed E-state index contributed by atoms with van der Waals surface area (Å²) in [6.45, 7) is 7.94. The molecule has 1 N–H and O–H groups in total. The Bertz CT molecular complexity index is 1140. The van der Waals surface area contributed by atoms with Gasteiger partial charge in [0, 0.05) is 61.8 Å². The van der Waals surface area contributed by atoms with Crippen LogP contribution in [0.3, 0.4) is 0 Å². The Morgan fingerprint density at radius 1 is 1.06 bits per heavy atom. The molecule has 0 saturated carbocycles. The lowest BCUT2D eigenvalue weighted by Gasteiger charge is -2.27. The molecule has 1 aliphatic heterocycles. The number of benzene rings is 2. The molecule has 1 saturated heterocycles. The molecule has 9 nitrogen and oxygen atoms in total. The number of aromatic nitrogens is 2. The molecule has 1 amide bonds. The van der Waals surface area contributed by atoms with E-state index in [0.29, 0.717) is 61.6 Å². The van der Waals surface area contributed by atoms with E-state index in [1.807, 2.05) is 36.4 Å². The first-order valence-corrected chi connectivity index (χ1v) is 11.9. The Kier molecular flexibility index (Phi) is 7.99. The topological polar surface area (TPSA) is 89.1 Å². The Hall–Kier alpha value is -3.43. The van der Waals surface area contributed by atoms with Crippen molar-refractivity contribution >= 4 is 28.3 Å². The maximum Gasteiger partial charge on any atom is 0.274 e. The normalized spacial score (nSPS) is 13.8. The summed E-state index contributed by atoms with van der Waals surface area (Å²) in [5, 5.41) is 3.48. The standard InChI is InChI=1S/C26H33N5O4/c1-18(2)27-7-8-31(20-13-21(33-3)16-22(14-20)34-4)19-5-6-23-24(15-19)29-25(17-28-23)26(32)30-9-11-35-12-10-30/h5-6,13-18,27H,7-12H2,1-4H3. The lowest BCUT2D eigenvalue weighted by atomic mass is 10.2. The summed E-state index contributed by atoms with van der Waals surface area (Å²) in [5.74, 6) is 1.30. The van der Waals surface area contributed by atoms with Gasteiger partial charge in [-0.3, -0.25) is 9.78 Å². The molecule has 4 rings (SSSR count). The van der Waals surface area contributed by atoms with Gasteiger partial charge in [-0.25, -0.2) is 4.98 Å². The fraction of sp³-hybridized carbons (Fsp3) is 0.423. The molecule has 0 radical (unpaired) electrons. The number of hydrogen-bond donors (Lipinski definition) is 1. The third-order valence-electron chi connectivity index (χ3n) is 5.89. The van der Waals surface area contributed by atoms with Gasteiger partial charge in [-0.1, -0.05) is 13.8 Å². The number of fused-ring (bicyclic) bond motifs is 1. The predicted octanol–water partition coefficient (Wildman–Crippen LogP) is 3.26. The summed E-state index contributed by atoms with van der Waals surface area (Å²) in [5.41, 5.74) is 3.60. The first kappa shape index (κ1) is 24.7. The number of methoxy groups -OCH3 is 2. The van der Waals surface area contributed by atoms with Crippen molar-refractivity contribution in [1.29, 1.82) is 0 Å². The largest absolute Gasteiger partial charge is 0.497 e. The summed E-state index contributed by atoms with van der Waals surface area (Å²) in [7, 11) is 3.28. The number of carbonyl (C=O) groups is 1. The molecule has 186 valence electrons. The van der Waals surface area contributed by atoms with Crippen LogP contribution in [0, 0.1) is 0 Å². The van der Waals surface area contributed by atoms with Crippen molar-refractivity contribution in [2.75, 3.05) is 58.5 Å². The summed E-state index contributed by atoms with van der Waals surface area (Å²) >= 11 is 0. The first-order valence-electron chi connectivity index (χ1n) is 11.9. The molecule has 0 bridgehead atoms. The second kappa shape index (κ2) is 11.3. The van der Waals surface area contributed by atoms with Crippen LogP contribution >= 0.6 is 0 Å². The van der Waals surface area contributed by atoms with E-state index < -0.39 is 0 Å². The van der Waals surface area contributed by atoms with Crippen LogP contribution < -0.4 is 19.7 Å². The molecular formula is C26H33N5O4. The minimum absolute atomic E-state index is 0.122. The van der Waals surface area contributed by atoms with Crippen LogP contribution in [-0.4, -0.2) is 80.4 Å². The monoisotopic (exact) mass is 479 g/mol. The highest BCUT2D eigenvalue weighted by atomic mass is 16.5. The number of amides is 1. The van der Waals surface area contributed by atoms with Gasteiger partial charge in [0.2, 0.25) is 0 Å². The Morgan fingerprint density at radius 2 is 1.77 bits per heavy atom. The minimum atomic E-state index is -0.122. The molecule has 1 aromatic heterocycles. The molecule has 3 aromatic rings. The number of anilines is 2. The predicted molar refractivity (Wildman–Crippen MR) is 136 cm³/mol. The lowest BCUT2D eigenvalue weighted by molar-refractivity contribution is 0.0299. The Balaban J connectivity index is 1.70. The zero-order valence-electron chi connectivity index (χ0n) is 20.8. The van der Waals surface area contributed by atoms with Crippen molar-refractivity contribution in [1.82, 2.24) is 20.2 Å². The van der Waals surface area contributed by atoms with Crippen LogP contribution in [0.4, 0.5) is 11.4 Å². The van der Waals surface area contributed by atoms with Crippen LogP contribution in [0.5, 0.6) is 11.5 Å². The van der Waals surface area contributed by atoms with Crippen molar-refractivity contribution in [2.45, 2.75) is 19.9 Å². The zero-order valence-corrected chi connectivity index (χ0v) is 20.8. The van der Waals surface area contributed by atoms with Crippen molar-refractivity contribution in [3.8, 4) is 11.5 Å². The SMILES string of the molecule is COc1cc(OC)cc(N(CCNC(C)C)c2ccc3ncc(C(=O)N4CCOCC4)nc3c2)c1. The van der Waals surface area contributed by atoms with Crippen LogP contribution in [0.15, 0.2) is 42.6 Å². The average molecular weight is 480 g/mol. The zero-order chi connectivity index (χ0) is 24.8. The molecule has 2 aromatic carbocycles. The lowest BCUT2D eigenvalue weighted by Crippen LogP contribution is -2.41. The van der Waals surface area contributed by atoms with Gasteiger partial charge >= 0.3 is 0 Å². The number of ether oxygens (including phenoxy) is 3. The van der Waals surface area contributed by atoms with E-state index >= 15 is 0 Å². The van der Waals surface area contributed by atoms with Gasteiger partial charge in [-0.2, -0.15) is 0 Å². The molecule has 2 heterocycles. The third-order valence-corrected chi connectivity index (χ3v) is 5.89. The molecule has 0 unspecified atom stereocenters. The fourth-order valence-electron chi connectivity index (χ4n) is 4.02. The molecule has 0 aliphatic carbocycles. The highest BCUT2D eigenvalue weighted by Crippen LogP contribution is 2.33. The maximum atomic E-state index is 13.0. The third kappa shape index (κ3) is 5.98. The van der Waals surface area contributed by atoms with Gasteiger partial charge in [0.15, 0.2) is 0 Å². The fourth-order valence-corrected chi connectivity index (χ4v) is 4.02. The van der Waals surface area contributed by atoms with E-state index in [4.69, 9.17) is 14.2 Å². The van der Waals surface area contributed by atoms with E-state index in [1.54, 1.807) is 25.3 Å². The number of hydrogen-bond acceptors (Lipinski definition) is 8. The van der Waals surface area contributed by atoms with Crippen molar-refractivity contribution < 1.29 is 19.0 Å². The Labute approximate surface area is 206 Å². The van der Waals surface area contributed by atoms with Crippen LogP contribution in [0.25, 0.3) is 11.0 Å². The summed E-state index contributed by atoms with van der Waals surface area (Å²) < 4.78 is 16.4. The smallest absolute Gasteiger partial charge is 0.274 e. The van der Waals surface area contributed by atoms with Gasteiger partial charge < -0.3 is 29.3 Å². The number of nitrogens with zero attached hydrogens (tertiary/aromatic N) is 4. The molecular weight excluding hydrogens is 446 g/mol.